The number of hydrogen-bond acceptors (Lipinski definition) is 0. The fourth-order valence-corrected chi connectivity index (χ4v) is 2.48. The van der Waals surface area contributed by atoms with E-state index in [2.05, 4.69) is 36.8 Å². The highest BCUT2D eigenvalue weighted by Crippen LogP contribution is 2.09. The van der Waals surface area contributed by atoms with Gasteiger partial charge >= 0.3 is 0 Å². The topological polar surface area (TPSA) is 0 Å². The Morgan fingerprint density at radius 2 is 1.36 bits per heavy atom. The van der Waals surface area contributed by atoms with Gasteiger partial charge in [0.25, 0.3) is 0 Å². The Kier molecular flexibility index (Phi) is 12.9. The first-order chi connectivity index (χ1) is 6.18. The Morgan fingerprint density at radius 3 is 1.64 bits per heavy atom. The lowest BCUT2D eigenvalue weighted by Crippen LogP contribution is -3.00. The molecule has 0 N–H and O–H groups in total. The van der Waals surface area contributed by atoms with Crippen molar-refractivity contribution in [1.29, 1.82) is 0 Å². The highest BCUT2D eigenvalue weighted by molar-refractivity contribution is 9.09. The molecule has 1 nitrogen and oxygen atoms in total. The molecule has 0 bridgehead atoms. The minimum atomic E-state index is 0. The number of quaternary nitrogens is 1. The predicted octanol–water partition coefficient (Wildman–Crippen LogP) is 0.432. The molecule has 0 spiro atoms. The van der Waals surface area contributed by atoms with E-state index in [0.717, 1.165) is 5.33 Å². The fraction of sp³-hybridized carbons (Fsp3) is 1.00. The van der Waals surface area contributed by atoms with E-state index in [1.165, 1.54) is 49.8 Å². The van der Waals surface area contributed by atoms with Crippen molar-refractivity contribution in [3.63, 3.8) is 0 Å². The molecule has 0 radical (unpaired) electrons. The Hall–Kier alpha value is 0.920. The zero-order valence-corrected chi connectivity index (χ0v) is 13.0. The van der Waals surface area contributed by atoms with Gasteiger partial charge in [0.1, 0.15) is 0 Å². The van der Waals surface area contributed by atoms with Crippen LogP contribution in [0.25, 0.3) is 0 Å². The third-order valence-electron chi connectivity index (χ3n) is 2.73. The normalized spacial score (nSPS) is 11.1. The van der Waals surface area contributed by atoms with E-state index in [0.29, 0.717) is 0 Å². The van der Waals surface area contributed by atoms with Crippen LogP contribution in [0.2, 0.25) is 0 Å². The van der Waals surface area contributed by atoms with Gasteiger partial charge in [0.05, 0.1) is 32.0 Å². The van der Waals surface area contributed by atoms with Gasteiger partial charge in [-0.1, -0.05) is 42.6 Å². The summed E-state index contributed by atoms with van der Waals surface area (Å²) < 4.78 is 1.26. The third-order valence-corrected chi connectivity index (χ3v) is 3.08. The van der Waals surface area contributed by atoms with Crippen molar-refractivity contribution in [2.45, 2.75) is 39.5 Å². The van der Waals surface area contributed by atoms with Crippen molar-refractivity contribution in [1.82, 2.24) is 0 Å². The lowest BCUT2D eigenvalue weighted by Gasteiger charge is -2.34. The maximum atomic E-state index is 3.55. The van der Waals surface area contributed by atoms with Crippen molar-refractivity contribution in [3.05, 3.63) is 0 Å². The van der Waals surface area contributed by atoms with Gasteiger partial charge in [-0.15, -0.1) is 0 Å². The van der Waals surface area contributed by atoms with Crippen LogP contribution in [-0.4, -0.2) is 36.5 Å². The second-order valence-electron chi connectivity index (χ2n) is 4.19. The molecule has 0 atom stereocenters. The summed E-state index contributed by atoms with van der Waals surface area (Å²) in [7, 11) is 2.40. The van der Waals surface area contributed by atoms with Gasteiger partial charge in [0.15, 0.2) is 0 Å². The van der Waals surface area contributed by atoms with Crippen molar-refractivity contribution < 1.29 is 21.5 Å². The Labute approximate surface area is 109 Å². The van der Waals surface area contributed by atoms with E-state index in [9.17, 15) is 0 Å². The molecule has 14 heavy (non-hydrogen) atoms. The minimum Gasteiger partial charge on any atom is -1.00 e. The minimum absolute atomic E-state index is 0. The van der Waals surface area contributed by atoms with Gasteiger partial charge < -0.3 is 21.5 Å². The summed E-state index contributed by atoms with van der Waals surface area (Å²) in [5, 5.41) is 1.14. The highest BCUT2D eigenvalue weighted by atomic mass is 79.9. The van der Waals surface area contributed by atoms with Crippen molar-refractivity contribution in [2.75, 3.05) is 32.0 Å². The molecule has 0 rings (SSSR count). The SMILES string of the molecule is CCCC[N+](C)(CCBr)CCCC.[Br-]. The summed E-state index contributed by atoms with van der Waals surface area (Å²) in [4.78, 5) is 0. The zero-order chi connectivity index (χ0) is 10.2. The third kappa shape index (κ3) is 8.25. The number of halogens is 2. The van der Waals surface area contributed by atoms with Gasteiger partial charge in [-0.25, -0.2) is 0 Å². The van der Waals surface area contributed by atoms with Gasteiger partial charge in [-0.05, 0) is 12.8 Å². The lowest BCUT2D eigenvalue weighted by atomic mass is 10.2. The largest absolute Gasteiger partial charge is 1.00 e. The summed E-state index contributed by atoms with van der Waals surface area (Å²) in [6.45, 7) is 8.53. The number of alkyl halides is 1. The van der Waals surface area contributed by atoms with Crippen LogP contribution >= 0.6 is 15.9 Å². The number of rotatable bonds is 8. The highest BCUT2D eigenvalue weighted by Gasteiger charge is 2.18. The molecule has 0 heterocycles. The second-order valence-corrected chi connectivity index (χ2v) is 4.98. The molecule has 0 aromatic heterocycles. The second kappa shape index (κ2) is 10.4. The quantitative estimate of drug-likeness (QED) is 0.447. The van der Waals surface area contributed by atoms with Crippen molar-refractivity contribution in [3.8, 4) is 0 Å². The van der Waals surface area contributed by atoms with E-state index < -0.39 is 0 Å². The van der Waals surface area contributed by atoms with Crippen molar-refractivity contribution >= 4 is 15.9 Å². The van der Waals surface area contributed by atoms with E-state index in [4.69, 9.17) is 0 Å². The molecule has 0 saturated carbocycles. The van der Waals surface area contributed by atoms with Crippen LogP contribution < -0.4 is 17.0 Å². The van der Waals surface area contributed by atoms with Crippen LogP contribution in [-0.2, 0) is 0 Å². The molecule has 3 heteroatoms. The van der Waals surface area contributed by atoms with Crippen LogP contribution in [0.5, 0.6) is 0 Å². The van der Waals surface area contributed by atoms with Crippen LogP contribution in [0, 0.1) is 0 Å². The molecule has 0 aliphatic rings. The van der Waals surface area contributed by atoms with Crippen LogP contribution in [0.4, 0.5) is 0 Å². The molecule has 0 aromatic carbocycles. The summed E-state index contributed by atoms with van der Waals surface area (Å²) in [5.74, 6) is 0. The van der Waals surface area contributed by atoms with E-state index in [1.807, 2.05) is 0 Å². The van der Waals surface area contributed by atoms with Gasteiger partial charge in [0.2, 0.25) is 0 Å². The summed E-state index contributed by atoms with van der Waals surface area (Å²) in [6.07, 6.45) is 5.38. The van der Waals surface area contributed by atoms with Gasteiger partial charge in [0, 0.05) is 0 Å². The first-order valence-electron chi connectivity index (χ1n) is 5.58. The van der Waals surface area contributed by atoms with E-state index in [-0.39, 0.29) is 17.0 Å². The van der Waals surface area contributed by atoms with E-state index >= 15 is 0 Å². The average molecular weight is 331 g/mol. The molecule has 0 aliphatic carbocycles. The predicted molar refractivity (Wildman–Crippen MR) is 64.4 cm³/mol. The number of nitrogens with zero attached hydrogens (tertiary/aromatic N) is 1. The summed E-state index contributed by atoms with van der Waals surface area (Å²) >= 11 is 3.55. The van der Waals surface area contributed by atoms with Gasteiger partial charge in [-0.2, -0.15) is 0 Å². The molecule has 0 aliphatic heterocycles. The molecule has 0 fully saturated rings. The first kappa shape index (κ1) is 17.3. The lowest BCUT2D eigenvalue weighted by molar-refractivity contribution is -0.907. The summed E-state index contributed by atoms with van der Waals surface area (Å²) in [6, 6.07) is 0. The van der Waals surface area contributed by atoms with Gasteiger partial charge in [-0.3, -0.25) is 0 Å². The zero-order valence-electron chi connectivity index (χ0n) is 9.86. The molecule has 88 valence electrons. The fourth-order valence-electron chi connectivity index (χ4n) is 1.62. The summed E-state index contributed by atoms with van der Waals surface area (Å²) in [5.41, 5.74) is 0. The maximum Gasteiger partial charge on any atom is 0.0883 e. The Balaban J connectivity index is 0. The van der Waals surface area contributed by atoms with Crippen LogP contribution in [0.15, 0.2) is 0 Å². The average Bonchev–Trinajstić information content (AvgIpc) is 2.12. The van der Waals surface area contributed by atoms with E-state index in [1.54, 1.807) is 0 Å². The molecule has 0 aromatic rings. The maximum absolute atomic E-state index is 3.55. The Bertz CT molecular complexity index is 110. The molecular formula is C11H25Br2N. The van der Waals surface area contributed by atoms with Crippen molar-refractivity contribution in [2.24, 2.45) is 0 Å². The number of hydrogen-bond donors (Lipinski definition) is 0. The number of unbranched alkanes of at least 4 members (excludes halogenated alkanes) is 2. The first-order valence-corrected chi connectivity index (χ1v) is 6.70. The molecule has 0 unspecified atom stereocenters. The Morgan fingerprint density at radius 1 is 0.929 bits per heavy atom. The standard InChI is InChI=1S/C11H25BrN.BrH/c1-4-6-9-13(3,11-8-12)10-7-5-2;/h4-11H2,1-3H3;1H/q+1;/p-1. The molecule has 0 amide bonds. The monoisotopic (exact) mass is 329 g/mol. The molecule has 0 saturated heterocycles. The van der Waals surface area contributed by atoms with Crippen LogP contribution in [0.3, 0.4) is 0 Å². The van der Waals surface area contributed by atoms with Crippen LogP contribution in [0.1, 0.15) is 39.5 Å². The smallest absolute Gasteiger partial charge is 0.0883 e. The molecular weight excluding hydrogens is 306 g/mol.